The predicted molar refractivity (Wildman–Crippen MR) is 115 cm³/mol. The Bertz CT molecular complexity index is 856. The van der Waals surface area contributed by atoms with Crippen molar-refractivity contribution in [3.8, 4) is 11.5 Å². The molecule has 3 nitrogen and oxygen atoms in total. The standard InChI is InChI=1S/C24H33NO2/c1-6-7-8-9-10-11-16-25-23-17(2)21(26-4)14-12-19(23)20-13-15-22(27-5)18(3)24(20)25/h12-15H,6-11,16H2,1-5H3. The summed E-state index contributed by atoms with van der Waals surface area (Å²) in [5.74, 6) is 1.92. The summed E-state index contributed by atoms with van der Waals surface area (Å²) < 4.78 is 13.7. The lowest BCUT2D eigenvalue weighted by Gasteiger charge is -2.13. The number of unbranched alkanes of at least 4 members (excludes halogenated alkanes) is 5. The molecule has 1 heterocycles. The fourth-order valence-electron chi connectivity index (χ4n) is 4.32. The van der Waals surface area contributed by atoms with Crippen molar-refractivity contribution in [3.63, 3.8) is 0 Å². The first-order valence-electron chi connectivity index (χ1n) is 10.3. The van der Waals surface area contributed by atoms with Gasteiger partial charge >= 0.3 is 0 Å². The topological polar surface area (TPSA) is 23.4 Å². The van der Waals surface area contributed by atoms with E-state index < -0.39 is 0 Å². The fraction of sp³-hybridized carbons (Fsp3) is 0.500. The maximum Gasteiger partial charge on any atom is 0.123 e. The molecule has 0 amide bonds. The second-order valence-corrected chi connectivity index (χ2v) is 7.50. The van der Waals surface area contributed by atoms with Crippen LogP contribution in [0.5, 0.6) is 11.5 Å². The predicted octanol–water partition coefficient (Wildman–Crippen LogP) is 6.79. The van der Waals surface area contributed by atoms with Crippen molar-refractivity contribution in [1.82, 2.24) is 4.57 Å². The van der Waals surface area contributed by atoms with E-state index in [0.717, 1.165) is 18.0 Å². The highest BCUT2D eigenvalue weighted by atomic mass is 16.5. The zero-order valence-electron chi connectivity index (χ0n) is 17.5. The summed E-state index contributed by atoms with van der Waals surface area (Å²) in [7, 11) is 3.51. The maximum absolute atomic E-state index is 5.61. The SMILES string of the molecule is CCCCCCCCn1c2c(C)c(OC)ccc2c2ccc(OC)c(C)c21. The molecule has 27 heavy (non-hydrogen) atoms. The van der Waals surface area contributed by atoms with Crippen LogP contribution in [-0.2, 0) is 6.54 Å². The van der Waals surface area contributed by atoms with Crippen molar-refractivity contribution in [2.45, 2.75) is 65.8 Å². The van der Waals surface area contributed by atoms with Gasteiger partial charge < -0.3 is 14.0 Å². The second kappa shape index (κ2) is 8.69. The minimum atomic E-state index is 0.958. The number of methoxy groups -OCH3 is 2. The number of hydrogen-bond acceptors (Lipinski definition) is 2. The van der Waals surface area contributed by atoms with Gasteiger partial charge in [-0.05, 0) is 44.5 Å². The van der Waals surface area contributed by atoms with Crippen LogP contribution >= 0.6 is 0 Å². The number of hydrogen-bond donors (Lipinski definition) is 0. The van der Waals surface area contributed by atoms with Gasteiger partial charge in [-0.15, -0.1) is 0 Å². The van der Waals surface area contributed by atoms with Crippen LogP contribution in [0.2, 0.25) is 0 Å². The molecule has 3 heteroatoms. The minimum absolute atomic E-state index is 0.958. The largest absolute Gasteiger partial charge is 0.496 e. The Balaban J connectivity index is 2.08. The average molecular weight is 368 g/mol. The molecule has 0 aliphatic rings. The molecule has 0 saturated heterocycles. The molecule has 0 bridgehead atoms. The van der Waals surface area contributed by atoms with Crippen molar-refractivity contribution >= 4 is 21.8 Å². The number of nitrogens with zero attached hydrogens (tertiary/aromatic N) is 1. The third-order valence-electron chi connectivity index (χ3n) is 5.77. The summed E-state index contributed by atoms with van der Waals surface area (Å²) in [5.41, 5.74) is 5.04. The van der Waals surface area contributed by atoms with Gasteiger partial charge in [-0.25, -0.2) is 0 Å². The van der Waals surface area contributed by atoms with Crippen molar-refractivity contribution in [3.05, 3.63) is 35.4 Å². The van der Waals surface area contributed by atoms with Crippen LogP contribution in [0.1, 0.15) is 56.6 Å². The van der Waals surface area contributed by atoms with E-state index in [2.05, 4.69) is 49.6 Å². The van der Waals surface area contributed by atoms with E-state index in [1.165, 1.54) is 71.5 Å². The van der Waals surface area contributed by atoms with Crippen LogP contribution in [0, 0.1) is 13.8 Å². The van der Waals surface area contributed by atoms with Crippen LogP contribution in [0.15, 0.2) is 24.3 Å². The summed E-state index contributed by atoms with van der Waals surface area (Å²) >= 11 is 0. The molecule has 0 unspecified atom stereocenters. The zero-order valence-corrected chi connectivity index (χ0v) is 17.5. The van der Waals surface area contributed by atoms with Crippen molar-refractivity contribution in [2.24, 2.45) is 0 Å². The maximum atomic E-state index is 5.61. The molecule has 0 radical (unpaired) electrons. The first-order valence-corrected chi connectivity index (χ1v) is 10.3. The number of fused-ring (bicyclic) bond motifs is 3. The van der Waals surface area contributed by atoms with Crippen molar-refractivity contribution in [2.75, 3.05) is 14.2 Å². The van der Waals surface area contributed by atoms with Crippen molar-refractivity contribution < 1.29 is 9.47 Å². The summed E-state index contributed by atoms with van der Waals surface area (Å²) in [4.78, 5) is 0. The Labute approximate surface area is 163 Å². The molecule has 2 aromatic carbocycles. The van der Waals surface area contributed by atoms with Gasteiger partial charge in [0.1, 0.15) is 11.5 Å². The van der Waals surface area contributed by atoms with Gasteiger partial charge in [-0.1, -0.05) is 39.0 Å². The Morgan fingerprint density at radius 3 is 1.67 bits per heavy atom. The lowest BCUT2D eigenvalue weighted by atomic mass is 10.1. The number of rotatable bonds is 9. The highest BCUT2D eigenvalue weighted by molar-refractivity contribution is 6.11. The van der Waals surface area contributed by atoms with E-state index >= 15 is 0 Å². The molecule has 0 saturated carbocycles. The highest BCUT2D eigenvalue weighted by Crippen LogP contribution is 2.39. The second-order valence-electron chi connectivity index (χ2n) is 7.50. The molecule has 1 aromatic heterocycles. The first-order chi connectivity index (χ1) is 13.1. The molecule has 0 N–H and O–H groups in total. The van der Waals surface area contributed by atoms with Gasteiger partial charge in [0.15, 0.2) is 0 Å². The smallest absolute Gasteiger partial charge is 0.123 e. The van der Waals surface area contributed by atoms with E-state index in [0.29, 0.717) is 0 Å². The summed E-state index contributed by atoms with van der Waals surface area (Å²) in [6.07, 6.45) is 7.81. The van der Waals surface area contributed by atoms with E-state index in [9.17, 15) is 0 Å². The van der Waals surface area contributed by atoms with Gasteiger partial charge in [0.2, 0.25) is 0 Å². The molecule has 0 spiro atoms. The average Bonchev–Trinajstić information content (AvgIpc) is 3.00. The fourth-order valence-corrected chi connectivity index (χ4v) is 4.32. The van der Waals surface area contributed by atoms with Gasteiger partial charge in [-0.3, -0.25) is 0 Å². The van der Waals surface area contributed by atoms with E-state index in [1.54, 1.807) is 14.2 Å². The lowest BCUT2D eigenvalue weighted by Crippen LogP contribution is -2.02. The number of benzene rings is 2. The summed E-state index contributed by atoms with van der Waals surface area (Å²) in [5, 5.41) is 2.61. The van der Waals surface area contributed by atoms with Gasteiger partial charge in [0, 0.05) is 28.4 Å². The van der Waals surface area contributed by atoms with Crippen LogP contribution in [0.25, 0.3) is 21.8 Å². The summed E-state index contributed by atoms with van der Waals surface area (Å²) in [6.45, 7) is 7.65. The van der Waals surface area contributed by atoms with Crippen LogP contribution in [-0.4, -0.2) is 18.8 Å². The summed E-state index contributed by atoms with van der Waals surface area (Å²) in [6, 6.07) is 8.58. The Hall–Kier alpha value is -2.16. The lowest BCUT2D eigenvalue weighted by molar-refractivity contribution is 0.412. The molecular formula is C24H33NO2. The van der Waals surface area contributed by atoms with E-state index in [1.807, 2.05) is 0 Å². The Morgan fingerprint density at radius 1 is 0.704 bits per heavy atom. The molecule has 3 aromatic rings. The molecule has 3 rings (SSSR count). The number of aryl methyl sites for hydroxylation is 3. The van der Waals surface area contributed by atoms with Gasteiger partial charge in [0.05, 0.1) is 25.3 Å². The molecule has 0 atom stereocenters. The zero-order chi connectivity index (χ0) is 19.4. The van der Waals surface area contributed by atoms with Crippen LogP contribution < -0.4 is 9.47 Å². The molecule has 146 valence electrons. The number of aromatic nitrogens is 1. The third-order valence-corrected chi connectivity index (χ3v) is 5.77. The van der Waals surface area contributed by atoms with Gasteiger partial charge in [-0.2, -0.15) is 0 Å². The van der Waals surface area contributed by atoms with E-state index in [4.69, 9.17) is 9.47 Å². The molecule has 0 fully saturated rings. The number of ether oxygens (including phenoxy) is 2. The quantitative estimate of drug-likeness (QED) is 0.389. The highest BCUT2D eigenvalue weighted by Gasteiger charge is 2.18. The first kappa shape index (κ1) is 19.6. The monoisotopic (exact) mass is 367 g/mol. The van der Waals surface area contributed by atoms with Crippen LogP contribution in [0.4, 0.5) is 0 Å². The molecule has 0 aliphatic heterocycles. The Kier molecular flexibility index (Phi) is 6.30. The minimum Gasteiger partial charge on any atom is -0.496 e. The van der Waals surface area contributed by atoms with Gasteiger partial charge in [0.25, 0.3) is 0 Å². The Morgan fingerprint density at radius 2 is 1.19 bits per heavy atom. The normalized spacial score (nSPS) is 11.4. The third kappa shape index (κ3) is 3.65. The van der Waals surface area contributed by atoms with E-state index in [-0.39, 0.29) is 0 Å². The molecular weight excluding hydrogens is 334 g/mol. The van der Waals surface area contributed by atoms with Crippen LogP contribution in [0.3, 0.4) is 0 Å². The molecule has 0 aliphatic carbocycles. The van der Waals surface area contributed by atoms with Crippen molar-refractivity contribution in [1.29, 1.82) is 0 Å².